The average Bonchev–Trinajstić information content (AvgIpc) is 3.07. The minimum absolute atomic E-state index is 0.0552. The summed E-state index contributed by atoms with van der Waals surface area (Å²) in [6.07, 6.45) is 3.72. The SMILES string of the molecule is CC(=O)c1cc(-c2ccc(C)cn2)cc(N2C(=O)OCC2C)c1.CCCC(C)CO. The number of ether oxygens (including phenoxy) is 1. The van der Waals surface area contributed by atoms with E-state index >= 15 is 0 Å². The maximum atomic E-state index is 12.0. The van der Waals surface area contributed by atoms with E-state index < -0.39 is 0 Å². The van der Waals surface area contributed by atoms with Gasteiger partial charge in [0.05, 0.1) is 11.7 Å². The van der Waals surface area contributed by atoms with E-state index in [1.54, 1.807) is 23.2 Å². The molecule has 2 unspecified atom stereocenters. The molecule has 1 aromatic carbocycles. The second kappa shape index (κ2) is 10.9. The number of carbonyl (C=O) groups is 2. The van der Waals surface area contributed by atoms with Crippen molar-refractivity contribution in [3.63, 3.8) is 0 Å². The van der Waals surface area contributed by atoms with Crippen LogP contribution in [0.2, 0.25) is 0 Å². The summed E-state index contributed by atoms with van der Waals surface area (Å²) in [5, 5.41) is 8.47. The third-order valence-corrected chi connectivity index (χ3v) is 4.99. The number of pyridine rings is 1. The molecule has 3 rings (SSSR count). The molecule has 162 valence electrons. The molecule has 2 atom stereocenters. The fourth-order valence-electron chi connectivity index (χ4n) is 3.20. The number of nitrogens with zero attached hydrogens (tertiary/aromatic N) is 2. The lowest BCUT2D eigenvalue weighted by Gasteiger charge is -2.19. The standard InChI is InChI=1S/C18H18N2O3.C6H14O/c1-11-4-5-17(19-9-11)15-6-14(13(3)21)7-16(8-15)20-12(2)10-23-18(20)22;1-3-4-6(2)5-7/h4-9,12H,10H2,1-3H3;6-7H,3-5H2,1-2H3. The molecule has 30 heavy (non-hydrogen) atoms. The molecule has 2 aromatic rings. The molecule has 0 aliphatic carbocycles. The van der Waals surface area contributed by atoms with Gasteiger partial charge in [-0.25, -0.2) is 4.79 Å². The molecule has 1 amide bonds. The third-order valence-electron chi connectivity index (χ3n) is 4.99. The van der Waals surface area contributed by atoms with Gasteiger partial charge < -0.3 is 9.84 Å². The second-order valence-corrected chi connectivity index (χ2v) is 7.92. The highest BCUT2D eigenvalue weighted by Crippen LogP contribution is 2.30. The van der Waals surface area contributed by atoms with Crippen LogP contribution in [0.5, 0.6) is 0 Å². The number of aliphatic hydroxyl groups excluding tert-OH is 1. The predicted octanol–water partition coefficient (Wildman–Crippen LogP) is 5.02. The molecular formula is C24H32N2O4. The molecule has 1 N–H and O–H groups in total. The number of rotatable bonds is 6. The van der Waals surface area contributed by atoms with Gasteiger partial charge in [0, 0.05) is 29.6 Å². The summed E-state index contributed by atoms with van der Waals surface area (Å²) in [5.41, 5.74) is 3.84. The number of aryl methyl sites for hydroxylation is 1. The zero-order valence-corrected chi connectivity index (χ0v) is 18.5. The Labute approximate surface area is 178 Å². The summed E-state index contributed by atoms with van der Waals surface area (Å²) >= 11 is 0. The van der Waals surface area contributed by atoms with Crippen molar-refractivity contribution in [1.82, 2.24) is 4.98 Å². The van der Waals surface area contributed by atoms with Crippen molar-refractivity contribution in [3.05, 3.63) is 47.7 Å². The molecule has 1 fully saturated rings. The normalized spacial score (nSPS) is 16.5. The van der Waals surface area contributed by atoms with E-state index in [2.05, 4.69) is 18.8 Å². The molecule has 2 heterocycles. The Morgan fingerprint density at radius 1 is 1.33 bits per heavy atom. The lowest BCUT2D eigenvalue weighted by atomic mass is 10.0. The topological polar surface area (TPSA) is 79.7 Å². The van der Waals surface area contributed by atoms with Crippen LogP contribution in [0.25, 0.3) is 11.3 Å². The highest BCUT2D eigenvalue weighted by Gasteiger charge is 2.31. The maximum Gasteiger partial charge on any atom is 0.414 e. The van der Waals surface area contributed by atoms with Crippen LogP contribution in [-0.4, -0.2) is 41.2 Å². The highest BCUT2D eigenvalue weighted by atomic mass is 16.6. The van der Waals surface area contributed by atoms with Gasteiger partial charge in [0.2, 0.25) is 0 Å². The van der Waals surface area contributed by atoms with Gasteiger partial charge in [0.15, 0.2) is 5.78 Å². The van der Waals surface area contributed by atoms with Crippen LogP contribution in [-0.2, 0) is 4.74 Å². The van der Waals surface area contributed by atoms with Crippen LogP contribution in [0, 0.1) is 12.8 Å². The van der Waals surface area contributed by atoms with Gasteiger partial charge in [0.1, 0.15) is 6.61 Å². The number of amides is 1. The van der Waals surface area contributed by atoms with Crippen LogP contribution in [0.1, 0.15) is 56.5 Å². The summed E-state index contributed by atoms with van der Waals surface area (Å²) < 4.78 is 5.08. The number of aliphatic hydroxyl groups is 1. The number of benzene rings is 1. The molecule has 0 bridgehead atoms. The van der Waals surface area contributed by atoms with Gasteiger partial charge in [-0.3, -0.25) is 14.7 Å². The Kier molecular flexibility index (Phi) is 8.54. The van der Waals surface area contributed by atoms with Crippen molar-refractivity contribution in [2.45, 2.75) is 53.5 Å². The minimum atomic E-state index is -0.388. The third kappa shape index (κ3) is 6.13. The van der Waals surface area contributed by atoms with Crippen molar-refractivity contribution >= 4 is 17.6 Å². The van der Waals surface area contributed by atoms with Gasteiger partial charge in [0.25, 0.3) is 0 Å². The molecule has 6 heteroatoms. The van der Waals surface area contributed by atoms with Crippen LogP contribution in [0.15, 0.2) is 36.5 Å². The number of cyclic esters (lactones) is 1. The molecule has 0 radical (unpaired) electrons. The van der Waals surface area contributed by atoms with Crippen molar-refractivity contribution in [1.29, 1.82) is 0 Å². The first-order valence-corrected chi connectivity index (χ1v) is 10.4. The largest absolute Gasteiger partial charge is 0.447 e. The smallest absolute Gasteiger partial charge is 0.414 e. The summed E-state index contributed by atoms with van der Waals surface area (Å²) in [5.74, 6) is 0.449. The van der Waals surface area contributed by atoms with Crippen LogP contribution in [0.3, 0.4) is 0 Å². The Morgan fingerprint density at radius 3 is 2.53 bits per heavy atom. The molecule has 0 spiro atoms. The summed E-state index contributed by atoms with van der Waals surface area (Å²) in [7, 11) is 0. The van der Waals surface area contributed by atoms with E-state index in [1.165, 1.54) is 13.3 Å². The van der Waals surface area contributed by atoms with Crippen molar-refractivity contribution in [2.75, 3.05) is 18.1 Å². The van der Waals surface area contributed by atoms with Crippen LogP contribution < -0.4 is 4.90 Å². The molecule has 6 nitrogen and oxygen atoms in total. The lowest BCUT2D eigenvalue weighted by Crippen LogP contribution is -2.31. The van der Waals surface area contributed by atoms with E-state index in [1.807, 2.05) is 32.0 Å². The monoisotopic (exact) mass is 412 g/mol. The number of aromatic nitrogens is 1. The van der Waals surface area contributed by atoms with Gasteiger partial charge in [-0.05, 0) is 62.9 Å². The highest BCUT2D eigenvalue weighted by molar-refractivity contribution is 5.99. The fraction of sp³-hybridized carbons (Fsp3) is 0.458. The van der Waals surface area contributed by atoms with Gasteiger partial charge in [-0.2, -0.15) is 0 Å². The number of ketones is 1. The van der Waals surface area contributed by atoms with E-state index in [0.717, 1.165) is 23.2 Å². The summed E-state index contributed by atoms with van der Waals surface area (Å²) in [4.78, 5) is 29.8. The molecule has 1 aliphatic heterocycles. The molecule has 1 aliphatic rings. The second-order valence-electron chi connectivity index (χ2n) is 7.92. The summed E-state index contributed by atoms with van der Waals surface area (Å²) in [6, 6.07) is 9.20. The fourth-order valence-corrected chi connectivity index (χ4v) is 3.20. The first-order valence-electron chi connectivity index (χ1n) is 10.4. The quantitative estimate of drug-likeness (QED) is 0.674. The Morgan fingerprint density at radius 2 is 2.07 bits per heavy atom. The van der Waals surface area contributed by atoms with Crippen molar-refractivity contribution < 1.29 is 19.4 Å². The Bertz CT molecular complexity index is 864. The predicted molar refractivity (Wildman–Crippen MR) is 119 cm³/mol. The van der Waals surface area contributed by atoms with Crippen LogP contribution in [0.4, 0.5) is 10.5 Å². The van der Waals surface area contributed by atoms with Gasteiger partial charge in [-0.1, -0.05) is 26.3 Å². The van der Waals surface area contributed by atoms with E-state index in [-0.39, 0.29) is 17.9 Å². The molecule has 1 aromatic heterocycles. The van der Waals surface area contributed by atoms with E-state index in [4.69, 9.17) is 9.84 Å². The van der Waals surface area contributed by atoms with Gasteiger partial charge >= 0.3 is 6.09 Å². The Balaban J connectivity index is 0.000000396. The van der Waals surface area contributed by atoms with Crippen molar-refractivity contribution in [3.8, 4) is 11.3 Å². The first kappa shape index (κ1) is 23.5. The lowest BCUT2D eigenvalue weighted by molar-refractivity contribution is 0.101. The van der Waals surface area contributed by atoms with Crippen LogP contribution >= 0.6 is 0 Å². The molecule has 0 saturated carbocycles. The zero-order chi connectivity index (χ0) is 22.3. The van der Waals surface area contributed by atoms with Gasteiger partial charge in [-0.15, -0.1) is 0 Å². The maximum absolute atomic E-state index is 12.0. The molecule has 1 saturated heterocycles. The Hall–Kier alpha value is -2.73. The summed E-state index contributed by atoms with van der Waals surface area (Å²) in [6.45, 7) is 10.3. The average molecular weight is 413 g/mol. The molecular weight excluding hydrogens is 380 g/mol. The van der Waals surface area contributed by atoms with Crippen molar-refractivity contribution in [2.24, 2.45) is 5.92 Å². The number of carbonyl (C=O) groups excluding carboxylic acids is 2. The zero-order valence-electron chi connectivity index (χ0n) is 18.5. The number of hydrogen-bond donors (Lipinski definition) is 1. The number of anilines is 1. The number of Topliss-reactive ketones (excluding diaryl/α,β-unsaturated/α-hetero) is 1. The van der Waals surface area contributed by atoms with E-state index in [0.29, 0.717) is 30.4 Å². The first-order chi connectivity index (χ1) is 14.3. The minimum Gasteiger partial charge on any atom is -0.447 e. The number of hydrogen-bond acceptors (Lipinski definition) is 5. The van der Waals surface area contributed by atoms with E-state index in [9.17, 15) is 9.59 Å².